The topological polar surface area (TPSA) is 39.2 Å². The molecule has 0 aliphatic rings. The Morgan fingerprint density at radius 1 is 1.28 bits per heavy atom. The largest absolute Gasteiger partial charge is 0.497 e. The van der Waals surface area contributed by atoms with Crippen LogP contribution in [0.25, 0.3) is 0 Å². The molecule has 3 nitrogen and oxygen atoms in total. The number of ketones is 1. The predicted octanol–water partition coefficient (Wildman–Crippen LogP) is 2.91. The minimum atomic E-state index is 0.123. The standard InChI is InChI=1S/C15H15NO2/c1-18-14-6-2-5-13(10-14)15(17)8-7-12-4-3-9-16-11-12/h2-6,9-11H,7-8H2,1H3. The molecule has 1 heterocycles. The highest BCUT2D eigenvalue weighted by molar-refractivity contribution is 5.96. The Morgan fingerprint density at radius 2 is 2.17 bits per heavy atom. The van der Waals surface area contributed by atoms with Crippen molar-refractivity contribution in [1.29, 1.82) is 0 Å². The number of aryl methyl sites for hydroxylation is 1. The van der Waals surface area contributed by atoms with Crippen LogP contribution in [0, 0.1) is 0 Å². The third-order valence-electron chi connectivity index (χ3n) is 2.76. The van der Waals surface area contributed by atoms with E-state index in [1.807, 2.05) is 30.3 Å². The van der Waals surface area contributed by atoms with Gasteiger partial charge < -0.3 is 4.74 Å². The van der Waals surface area contributed by atoms with Crippen LogP contribution >= 0.6 is 0 Å². The fraction of sp³-hybridized carbons (Fsp3) is 0.200. The third-order valence-corrected chi connectivity index (χ3v) is 2.76. The molecule has 1 aromatic carbocycles. The minimum absolute atomic E-state index is 0.123. The van der Waals surface area contributed by atoms with E-state index in [0.29, 0.717) is 24.2 Å². The average Bonchev–Trinajstić information content (AvgIpc) is 2.46. The number of ether oxygens (including phenoxy) is 1. The highest BCUT2D eigenvalue weighted by atomic mass is 16.5. The van der Waals surface area contributed by atoms with Gasteiger partial charge in [0, 0.05) is 24.4 Å². The van der Waals surface area contributed by atoms with Crippen LogP contribution in [0.3, 0.4) is 0 Å². The Balaban J connectivity index is 1.99. The van der Waals surface area contributed by atoms with Crippen molar-refractivity contribution in [2.24, 2.45) is 0 Å². The highest BCUT2D eigenvalue weighted by Crippen LogP contribution is 2.15. The van der Waals surface area contributed by atoms with Gasteiger partial charge >= 0.3 is 0 Å². The van der Waals surface area contributed by atoms with Crippen LogP contribution in [-0.2, 0) is 6.42 Å². The Kier molecular flexibility index (Phi) is 4.07. The Hall–Kier alpha value is -2.16. The summed E-state index contributed by atoms with van der Waals surface area (Å²) in [6.07, 6.45) is 4.72. The van der Waals surface area contributed by atoms with Gasteiger partial charge in [0.1, 0.15) is 5.75 Å². The van der Waals surface area contributed by atoms with Gasteiger partial charge in [0.2, 0.25) is 0 Å². The van der Waals surface area contributed by atoms with Gasteiger partial charge in [0.25, 0.3) is 0 Å². The number of carbonyl (C=O) groups is 1. The van der Waals surface area contributed by atoms with Crippen molar-refractivity contribution < 1.29 is 9.53 Å². The maximum Gasteiger partial charge on any atom is 0.163 e. The van der Waals surface area contributed by atoms with Gasteiger partial charge in [0.05, 0.1) is 7.11 Å². The number of methoxy groups -OCH3 is 1. The molecule has 1 aromatic heterocycles. The molecule has 0 unspecified atom stereocenters. The second kappa shape index (κ2) is 5.96. The van der Waals surface area contributed by atoms with Crippen molar-refractivity contribution in [3.8, 4) is 5.75 Å². The number of carbonyl (C=O) groups excluding carboxylic acids is 1. The first-order chi connectivity index (χ1) is 8.79. The first kappa shape index (κ1) is 12.3. The van der Waals surface area contributed by atoms with E-state index in [1.165, 1.54) is 0 Å². The molecule has 3 heteroatoms. The molecule has 0 amide bonds. The monoisotopic (exact) mass is 241 g/mol. The van der Waals surface area contributed by atoms with Crippen molar-refractivity contribution in [1.82, 2.24) is 4.98 Å². The van der Waals surface area contributed by atoms with Gasteiger partial charge in [-0.1, -0.05) is 18.2 Å². The van der Waals surface area contributed by atoms with Crippen LogP contribution in [0.1, 0.15) is 22.3 Å². The van der Waals surface area contributed by atoms with Crippen molar-refractivity contribution in [2.45, 2.75) is 12.8 Å². The molecule has 2 aromatic rings. The van der Waals surface area contributed by atoms with E-state index >= 15 is 0 Å². The highest BCUT2D eigenvalue weighted by Gasteiger charge is 2.07. The summed E-state index contributed by atoms with van der Waals surface area (Å²) in [6.45, 7) is 0. The van der Waals surface area contributed by atoms with E-state index in [-0.39, 0.29) is 5.78 Å². The lowest BCUT2D eigenvalue weighted by molar-refractivity contribution is 0.0982. The lowest BCUT2D eigenvalue weighted by atomic mass is 10.0. The van der Waals surface area contributed by atoms with E-state index < -0.39 is 0 Å². The van der Waals surface area contributed by atoms with Crippen LogP contribution in [0.15, 0.2) is 48.8 Å². The molecule has 18 heavy (non-hydrogen) atoms. The summed E-state index contributed by atoms with van der Waals surface area (Å²) in [5.41, 5.74) is 1.77. The van der Waals surface area contributed by atoms with Gasteiger partial charge in [-0.3, -0.25) is 9.78 Å². The Bertz CT molecular complexity index is 523. The van der Waals surface area contributed by atoms with E-state index in [2.05, 4.69) is 4.98 Å². The zero-order chi connectivity index (χ0) is 12.8. The summed E-state index contributed by atoms with van der Waals surface area (Å²) >= 11 is 0. The molecular weight excluding hydrogens is 226 g/mol. The minimum Gasteiger partial charge on any atom is -0.497 e. The first-order valence-corrected chi connectivity index (χ1v) is 5.86. The summed E-state index contributed by atoms with van der Waals surface area (Å²) in [6, 6.07) is 11.1. The molecule has 0 aliphatic heterocycles. The summed E-state index contributed by atoms with van der Waals surface area (Å²) < 4.78 is 5.11. The average molecular weight is 241 g/mol. The summed E-state index contributed by atoms with van der Waals surface area (Å²) in [5, 5.41) is 0. The number of hydrogen-bond donors (Lipinski definition) is 0. The lowest BCUT2D eigenvalue weighted by Gasteiger charge is -2.04. The zero-order valence-corrected chi connectivity index (χ0v) is 10.3. The summed E-state index contributed by atoms with van der Waals surface area (Å²) in [7, 11) is 1.60. The van der Waals surface area contributed by atoms with Gasteiger partial charge in [-0.05, 0) is 30.2 Å². The fourth-order valence-electron chi connectivity index (χ4n) is 1.74. The number of pyridine rings is 1. The molecule has 0 saturated carbocycles. The smallest absolute Gasteiger partial charge is 0.163 e. The molecule has 0 saturated heterocycles. The maximum absolute atomic E-state index is 12.0. The summed E-state index contributed by atoms with van der Waals surface area (Å²) in [5.74, 6) is 0.833. The van der Waals surface area contributed by atoms with Crippen molar-refractivity contribution in [3.05, 3.63) is 59.9 Å². The molecule has 0 atom stereocenters. The Morgan fingerprint density at radius 3 is 2.89 bits per heavy atom. The fourth-order valence-corrected chi connectivity index (χ4v) is 1.74. The van der Waals surface area contributed by atoms with Crippen molar-refractivity contribution >= 4 is 5.78 Å². The molecule has 0 N–H and O–H groups in total. The summed E-state index contributed by atoms with van der Waals surface area (Å²) in [4.78, 5) is 16.0. The molecular formula is C15H15NO2. The Labute approximate surface area is 106 Å². The van der Waals surface area contributed by atoms with Crippen LogP contribution in [0.4, 0.5) is 0 Å². The number of Topliss-reactive ketones (excluding diaryl/α,β-unsaturated/α-hetero) is 1. The van der Waals surface area contributed by atoms with Gasteiger partial charge in [-0.2, -0.15) is 0 Å². The number of nitrogens with zero attached hydrogens (tertiary/aromatic N) is 1. The third kappa shape index (κ3) is 3.17. The molecule has 2 rings (SSSR count). The first-order valence-electron chi connectivity index (χ1n) is 5.86. The van der Waals surface area contributed by atoms with Crippen LogP contribution < -0.4 is 4.74 Å². The normalized spacial score (nSPS) is 10.1. The number of aromatic nitrogens is 1. The van der Waals surface area contributed by atoms with E-state index in [9.17, 15) is 4.79 Å². The molecule has 0 spiro atoms. The van der Waals surface area contributed by atoms with E-state index in [0.717, 1.165) is 5.56 Å². The quantitative estimate of drug-likeness (QED) is 0.755. The lowest BCUT2D eigenvalue weighted by Crippen LogP contribution is -2.01. The van der Waals surface area contributed by atoms with Crippen molar-refractivity contribution in [3.63, 3.8) is 0 Å². The molecule has 0 radical (unpaired) electrons. The van der Waals surface area contributed by atoms with Gasteiger partial charge in [-0.15, -0.1) is 0 Å². The van der Waals surface area contributed by atoms with Crippen molar-refractivity contribution in [2.75, 3.05) is 7.11 Å². The molecule has 0 aliphatic carbocycles. The SMILES string of the molecule is COc1cccc(C(=O)CCc2cccnc2)c1. The zero-order valence-electron chi connectivity index (χ0n) is 10.3. The molecule has 0 bridgehead atoms. The predicted molar refractivity (Wildman–Crippen MR) is 69.9 cm³/mol. The van der Waals surface area contributed by atoms with E-state index in [4.69, 9.17) is 4.74 Å². The molecule has 92 valence electrons. The van der Waals surface area contributed by atoms with Gasteiger partial charge in [0.15, 0.2) is 5.78 Å². The van der Waals surface area contributed by atoms with Crippen LogP contribution in [-0.4, -0.2) is 17.9 Å². The number of hydrogen-bond acceptors (Lipinski definition) is 3. The second-order valence-corrected chi connectivity index (χ2v) is 4.02. The maximum atomic E-state index is 12.0. The number of rotatable bonds is 5. The molecule has 0 fully saturated rings. The van der Waals surface area contributed by atoms with Crippen LogP contribution in [0.5, 0.6) is 5.75 Å². The van der Waals surface area contributed by atoms with Crippen LogP contribution in [0.2, 0.25) is 0 Å². The number of benzene rings is 1. The van der Waals surface area contributed by atoms with Gasteiger partial charge in [-0.25, -0.2) is 0 Å². The second-order valence-electron chi connectivity index (χ2n) is 4.02. The van der Waals surface area contributed by atoms with E-state index in [1.54, 1.807) is 25.6 Å².